The summed E-state index contributed by atoms with van der Waals surface area (Å²) in [4.78, 5) is 4.15. The van der Waals surface area contributed by atoms with Gasteiger partial charge in [0, 0.05) is 29.9 Å². The number of ether oxygens (including phenoxy) is 1. The maximum absolute atomic E-state index is 13.2. The van der Waals surface area contributed by atoms with E-state index in [9.17, 15) is 9.50 Å². The zero-order chi connectivity index (χ0) is 13.3. The van der Waals surface area contributed by atoms with E-state index < -0.39 is 0 Å². The highest BCUT2D eigenvalue weighted by molar-refractivity contribution is 5.90. The molecule has 4 nitrogen and oxygen atoms in total. The maximum atomic E-state index is 13.2. The van der Waals surface area contributed by atoms with Gasteiger partial charge in [-0.2, -0.15) is 0 Å². The molecule has 5 heteroatoms. The number of hydrogen-bond donors (Lipinski definition) is 2. The van der Waals surface area contributed by atoms with Crippen molar-refractivity contribution in [2.24, 2.45) is 5.41 Å². The Bertz CT molecular complexity index is 594. The van der Waals surface area contributed by atoms with Gasteiger partial charge in [-0.1, -0.05) is 0 Å². The van der Waals surface area contributed by atoms with Crippen molar-refractivity contribution in [3.8, 4) is 0 Å². The lowest BCUT2D eigenvalue weighted by molar-refractivity contribution is -0.128. The van der Waals surface area contributed by atoms with Crippen molar-refractivity contribution in [2.45, 2.75) is 0 Å². The predicted octanol–water partition coefficient (Wildman–Crippen LogP) is 1.79. The molecule has 0 radical (unpaired) electrons. The molecule has 0 saturated carbocycles. The summed E-state index contributed by atoms with van der Waals surface area (Å²) >= 11 is 0. The number of halogens is 1. The molecule has 0 bridgehead atoms. The first kappa shape index (κ1) is 12.3. The van der Waals surface area contributed by atoms with Crippen molar-refractivity contribution < 1.29 is 14.2 Å². The standard InChI is InChI=1S/C14H15FN2O2/c15-10-1-2-11-12(3-4-16-13(11)5-10)17-6-14(7-18)8-19-9-14/h1-5,18H,6-9H2,(H,16,17). The Morgan fingerprint density at radius 1 is 1.37 bits per heavy atom. The summed E-state index contributed by atoms with van der Waals surface area (Å²) in [7, 11) is 0. The van der Waals surface area contributed by atoms with Gasteiger partial charge in [-0.25, -0.2) is 4.39 Å². The Morgan fingerprint density at radius 3 is 2.89 bits per heavy atom. The van der Waals surface area contributed by atoms with E-state index in [2.05, 4.69) is 10.3 Å². The molecule has 0 atom stereocenters. The molecule has 2 heterocycles. The zero-order valence-electron chi connectivity index (χ0n) is 10.4. The van der Waals surface area contributed by atoms with E-state index in [1.165, 1.54) is 12.1 Å². The number of pyridine rings is 1. The Morgan fingerprint density at radius 2 is 2.21 bits per heavy atom. The number of hydrogen-bond acceptors (Lipinski definition) is 4. The number of fused-ring (bicyclic) bond motifs is 1. The lowest BCUT2D eigenvalue weighted by atomic mass is 9.87. The molecule has 0 amide bonds. The number of anilines is 1. The number of benzene rings is 1. The van der Waals surface area contributed by atoms with E-state index in [1.54, 1.807) is 12.3 Å². The van der Waals surface area contributed by atoms with Crippen molar-refractivity contribution in [3.05, 3.63) is 36.3 Å². The average Bonchev–Trinajstić information content (AvgIpc) is 2.37. The molecule has 1 aromatic carbocycles. The fourth-order valence-corrected chi connectivity index (χ4v) is 2.20. The van der Waals surface area contributed by atoms with Crippen LogP contribution in [0.5, 0.6) is 0 Å². The normalized spacial score (nSPS) is 17.2. The average molecular weight is 262 g/mol. The van der Waals surface area contributed by atoms with Crippen LogP contribution in [0.4, 0.5) is 10.1 Å². The molecule has 0 unspecified atom stereocenters. The molecule has 3 rings (SSSR count). The van der Waals surface area contributed by atoms with Crippen LogP contribution in [0, 0.1) is 11.2 Å². The fraction of sp³-hybridized carbons (Fsp3) is 0.357. The highest BCUT2D eigenvalue weighted by Crippen LogP contribution is 2.29. The third-order valence-electron chi connectivity index (χ3n) is 3.51. The molecular formula is C14H15FN2O2. The minimum Gasteiger partial charge on any atom is -0.396 e. The second-order valence-corrected chi connectivity index (χ2v) is 5.02. The van der Waals surface area contributed by atoms with E-state index >= 15 is 0 Å². The van der Waals surface area contributed by atoms with Crippen LogP contribution in [-0.4, -0.2) is 36.5 Å². The van der Waals surface area contributed by atoms with Crippen LogP contribution < -0.4 is 5.32 Å². The van der Waals surface area contributed by atoms with Gasteiger partial charge in [-0.15, -0.1) is 0 Å². The third kappa shape index (κ3) is 2.27. The molecule has 1 saturated heterocycles. The molecule has 2 N–H and O–H groups in total. The number of nitrogens with zero attached hydrogens (tertiary/aromatic N) is 1. The predicted molar refractivity (Wildman–Crippen MR) is 70.5 cm³/mol. The molecule has 1 aliphatic rings. The van der Waals surface area contributed by atoms with Crippen molar-refractivity contribution >= 4 is 16.6 Å². The van der Waals surface area contributed by atoms with Gasteiger partial charge in [-0.05, 0) is 18.2 Å². The van der Waals surface area contributed by atoms with Crippen LogP contribution in [0.25, 0.3) is 10.9 Å². The molecule has 1 aliphatic heterocycles. The van der Waals surface area contributed by atoms with Crippen LogP contribution in [0.2, 0.25) is 0 Å². The first-order valence-electron chi connectivity index (χ1n) is 6.19. The van der Waals surface area contributed by atoms with Gasteiger partial charge in [0.05, 0.1) is 30.8 Å². The van der Waals surface area contributed by atoms with Crippen molar-refractivity contribution in [1.82, 2.24) is 4.98 Å². The Kier molecular flexibility index (Phi) is 3.08. The molecule has 1 fully saturated rings. The largest absolute Gasteiger partial charge is 0.396 e. The van der Waals surface area contributed by atoms with Crippen molar-refractivity contribution in [3.63, 3.8) is 0 Å². The van der Waals surface area contributed by atoms with Crippen LogP contribution in [-0.2, 0) is 4.74 Å². The minimum atomic E-state index is -0.295. The van der Waals surface area contributed by atoms with E-state index in [0.717, 1.165) is 11.1 Å². The maximum Gasteiger partial charge on any atom is 0.125 e. The highest BCUT2D eigenvalue weighted by atomic mass is 19.1. The van der Waals surface area contributed by atoms with E-state index in [4.69, 9.17) is 4.74 Å². The van der Waals surface area contributed by atoms with Crippen LogP contribution in [0.15, 0.2) is 30.5 Å². The Hall–Kier alpha value is -1.72. The lowest BCUT2D eigenvalue weighted by Crippen LogP contribution is -2.50. The van der Waals surface area contributed by atoms with Crippen molar-refractivity contribution in [1.29, 1.82) is 0 Å². The molecule has 100 valence electrons. The summed E-state index contributed by atoms with van der Waals surface area (Å²) in [5, 5.41) is 13.6. The fourth-order valence-electron chi connectivity index (χ4n) is 2.20. The second-order valence-electron chi connectivity index (χ2n) is 5.02. The van der Waals surface area contributed by atoms with E-state index in [1.807, 2.05) is 6.07 Å². The van der Waals surface area contributed by atoms with Gasteiger partial charge < -0.3 is 15.2 Å². The first-order valence-corrected chi connectivity index (χ1v) is 6.19. The van der Waals surface area contributed by atoms with E-state index in [-0.39, 0.29) is 17.8 Å². The van der Waals surface area contributed by atoms with Gasteiger partial charge in [0.25, 0.3) is 0 Å². The monoisotopic (exact) mass is 262 g/mol. The number of aliphatic hydroxyl groups excluding tert-OH is 1. The molecule has 0 aliphatic carbocycles. The van der Waals surface area contributed by atoms with Gasteiger partial charge in [0.1, 0.15) is 5.82 Å². The van der Waals surface area contributed by atoms with E-state index in [0.29, 0.717) is 25.3 Å². The van der Waals surface area contributed by atoms with Crippen LogP contribution >= 0.6 is 0 Å². The van der Waals surface area contributed by atoms with Crippen LogP contribution in [0.3, 0.4) is 0 Å². The number of nitrogens with one attached hydrogen (secondary N) is 1. The smallest absolute Gasteiger partial charge is 0.125 e. The SMILES string of the molecule is OCC1(CNc2ccnc3cc(F)ccc23)COC1. The Balaban J connectivity index is 1.84. The molecule has 1 aromatic heterocycles. The summed E-state index contributed by atoms with van der Waals surface area (Å²) in [5.74, 6) is -0.295. The molecular weight excluding hydrogens is 247 g/mol. The number of rotatable bonds is 4. The highest BCUT2D eigenvalue weighted by Gasteiger charge is 2.37. The molecule has 19 heavy (non-hydrogen) atoms. The zero-order valence-corrected chi connectivity index (χ0v) is 10.4. The first-order chi connectivity index (χ1) is 9.22. The van der Waals surface area contributed by atoms with Crippen molar-refractivity contribution in [2.75, 3.05) is 31.7 Å². The summed E-state index contributed by atoms with van der Waals surface area (Å²) in [6.07, 6.45) is 1.65. The van der Waals surface area contributed by atoms with Gasteiger partial charge >= 0.3 is 0 Å². The molecule has 0 spiro atoms. The topological polar surface area (TPSA) is 54.4 Å². The Labute approximate surface area is 110 Å². The molecule has 2 aromatic rings. The summed E-state index contributed by atoms with van der Waals surface area (Å²) in [5.41, 5.74) is 1.31. The number of aliphatic hydroxyl groups is 1. The number of aromatic nitrogens is 1. The quantitative estimate of drug-likeness (QED) is 0.882. The summed E-state index contributed by atoms with van der Waals surface area (Å²) in [6, 6.07) is 6.39. The van der Waals surface area contributed by atoms with Gasteiger partial charge in [0.15, 0.2) is 0 Å². The third-order valence-corrected chi connectivity index (χ3v) is 3.51. The minimum absolute atomic E-state index is 0.0949. The summed E-state index contributed by atoms with van der Waals surface area (Å²) < 4.78 is 18.3. The second kappa shape index (κ2) is 4.75. The summed E-state index contributed by atoms with van der Waals surface area (Å²) in [6.45, 7) is 1.85. The van der Waals surface area contributed by atoms with Crippen LogP contribution in [0.1, 0.15) is 0 Å². The van der Waals surface area contributed by atoms with Gasteiger partial charge in [0.2, 0.25) is 0 Å². The lowest BCUT2D eigenvalue weighted by Gasteiger charge is -2.40. The van der Waals surface area contributed by atoms with Gasteiger partial charge in [-0.3, -0.25) is 4.98 Å².